The molecule has 0 saturated heterocycles. The molecule has 0 amide bonds. The Hall–Kier alpha value is -0.420. The van der Waals surface area contributed by atoms with Crippen molar-refractivity contribution in [3.05, 3.63) is 21.4 Å². The van der Waals surface area contributed by atoms with Gasteiger partial charge >= 0.3 is 0 Å². The van der Waals surface area contributed by atoms with Gasteiger partial charge in [-0.05, 0) is 44.2 Å². The summed E-state index contributed by atoms with van der Waals surface area (Å²) in [6.45, 7) is 3.48. The van der Waals surface area contributed by atoms with Gasteiger partial charge in [0.05, 0.1) is 18.8 Å². The number of thiophene rings is 1. The Morgan fingerprint density at radius 2 is 2.17 bits per heavy atom. The van der Waals surface area contributed by atoms with Crippen LogP contribution in [0.5, 0.6) is 0 Å². The van der Waals surface area contributed by atoms with Gasteiger partial charge in [0.2, 0.25) is 0 Å². The normalized spacial score (nSPS) is 24.4. The fourth-order valence-corrected chi connectivity index (χ4v) is 3.43. The zero-order chi connectivity index (χ0) is 13.0. The molecule has 1 aromatic heterocycles. The summed E-state index contributed by atoms with van der Waals surface area (Å²) in [5.41, 5.74) is 6.95. The number of hydrogen-bond acceptors (Lipinski definition) is 4. The van der Waals surface area contributed by atoms with Crippen molar-refractivity contribution in [3.8, 4) is 0 Å². The highest BCUT2D eigenvalue weighted by Gasteiger charge is 2.22. The number of ether oxygens (including phenoxy) is 2. The average molecular weight is 269 g/mol. The first-order chi connectivity index (χ1) is 8.72. The van der Waals surface area contributed by atoms with Gasteiger partial charge in [-0.3, -0.25) is 0 Å². The van der Waals surface area contributed by atoms with Crippen molar-refractivity contribution < 1.29 is 9.47 Å². The van der Waals surface area contributed by atoms with Crippen molar-refractivity contribution in [1.29, 1.82) is 0 Å². The third kappa shape index (κ3) is 3.54. The highest BCUT2D eigenvalue weighted by atomic mass is 32.1. The molecule has 4 heteroatoms. The molecule has 0 spiro atoms. The molecule has 1 aromatic rings. The first-order valence-corrected chi connectivity index (χ1v) is 7.47. The van der Waals surface area contributed by atoms with Crippen LogP contribution in [0.15, 0.2) is 6.07 Å². The first-order valence-electron chi connectivity index (χ1n) is 6.65. The molecule has 2 unspecified atom stereocenters. The molecule has 18 heavy (non-hydrogen) atoms. The lowest BCUT2D eigenvalue weighted by Crippen LogP contribution is -2.27. The minimum Gasteiger partial charge on any atom is -0.381 e. The molecule has 1 aliphatic carbocycles. The van der Waals surface area contributed by atoms with Crippen LogP contribution in [0.1, 0.15) is 41.0 Å². The third-order valence-electron chi connectivity index (χ3n) is 3.66. The van der Waals surface area contributed by atoms with Gasteiger partial charge in [-0.1, -0.05) is 0 Å². The first kappa shape index (κ1) is 14.0. The molecule has 2 atom stereocenters. The molecule has 1 heterocycles. The Kier molecular flexibility index (Phi) is 5.18. The van der Waals surface area contributed by atoms with E-state index < -0.39 is 0 Å². The minimum atomic E-state index is 0.351. The maximum absolute atomic E-state index is 6.03. The van der Waals surface area contributed by atoms with Crippen LogP contribution in [0.4, 0.5) is 0 Å². The van der Waals surface area contributed by atoms with Crippen molar-refractivity contribution in [3.63, 3.8) is 0 Å². The summed E-state index contributed by atoms with van der Waals surface area (Å²) in [5.74, 6) is 0. The monoisotopic (exact) mass is 269 g/mol. The summed E-state index contributed by atoms with van der Waals surface area (Å²) in [4.78, 5) is 2.57. The van der Waals surface area contributed by atoms with Gasteiger partial charge in [-0.15, -0.1) is 11.3 Å². The molecule has 2 rings (SSSR count). The van der Waals surface area contributed by atoms with Crippen molar-refractivity contribution in [2.75, 3.05) is 7.11 Å². The fraction of sp³-hybridized carbons (Fsp3) is 0.714. The Bertz CT molecular complexity index is 378. The maximum atomic E-state index is 6.03. The average Bonchev–Trinajstić information content (AvgIpc) is 2.77. The van der Waals surface area contributed by atoms with Crippen molar-refractivity contribution in [2.24, 2.45) is 5.73 Å². The Labute approximate surface area is 113 Å². The molecule has 102 valence electrons. The molecule has 3 nitrogen and oxygen atoms in total. The molecule has 0 aliphatic heterocycles. The maximum Gasteiger partial charge on any atom is 0.0731 e. The molecule has 1 aliphatic rings. The largest absolute Gasteiger partial charge is 0.381 e. The summed E-state index contributed by atoms with van der Waals surface area (Å²) in [7, 11) is 1.80. The standard InChI is InChI=1S/C14H23NO2S/c1-10-11(6-14(8-15)18-10)9-17-13-5-3-4-12(7-13)16-2/h6,12-13H,3-5,7-9,15H2,1-2H3. The molecule has 0 radical (unpaired) electrons. The van der Waals surface area contributed by atoms with E-state index in [9.17, 15) is 0 Å². The highest BCUT2D eigenvalue weighted by molar-refractivity contribution is 7.12. The van der Waals surface area contributed by atoms with E-state index in [1.165, 1.54) is 28.2 Å². The zero-order valence-electron chi connectivity index (χ0n) is 11.3. The van der Waals surface area contributed by atoms with E-state index in [0.717, 1.165) is 12.8 Å². The second-order valence-corrected chi connectivity index (χ2v) is 6.30. The van der Waals surface area contributed by atoms with Crippen LogP contribution < -0.4 is 5.73 Å². The Morgan fingerprint density at radius 1 is 1.39 bits per heavy atom. The van der Waals surface area contributed by atoms with Crippen LogP contribution in [-0.2, 0) is 22.6 Å². The van der Waals surface area contributed by atoms with Gasteiger partial charge < -0.3 is 15.2 Å². The predicted octanol–water partition coefficient (Wildman–Crippen LogP) is 2.99. The fourth-order valence-electron chi connectivity index (χ4n) is 2.51. The summed E-state index contributed by atoms with van der Waals surface area (Å²) < 4.78 is 11.4. The van der Waals surface area contributed by atoms with Crippen LogP contribution in [0.3, 0.4) is 0 Å². The van der Waals surface area contributed by atoms with E-state index in [1.54, 1.807) is 18.4 Å². The lowest BCUT2D eigenvalue weighted by molar-refractivity contribution is -0.0363. The molecule has 0 aromatic carbocycles. The topological polar surface area (TPSA) is 44.5 Å². The lowest BCUT2D eigenvalue weighted by atomic mass is 9.95. The number of methoxy groups -OCH3 is 1. The summed E-state index contributed by atoms with van der Waals surface area (Å²) in [6.07, 6.45) is 5.30. The van der Waals surface area contributed by atoms with Gasteiger partial charge in [0.1, 0.15) is 0 Å². The number of aryl methyl sites for hydroxylation is 1. The van der Waals surface area contributed by atoms with E-state index in [2.05, 4.69) is 13.0 Å². The number of hydrogen-bond donors (Lipinski definition) is 1. The molecule has 0 bridgehead atoms. The van der Waals surface area contributed by atoms with Crippen LogP contribution in [0.2, 0.25) is 0 Å². The summed E-state index contributed by atoms with van der Waals surface area (Å²) >= 11 is 1.78. The van der Waals surface area contributed by atoms with Crippen molar-refractivity contribution in [2.45, 2.75) is 58.0 Å². The van der Waals surface area contributed by atoms with E-state index >= 15 is 0 Å². The van der Waals surface area contributed by atoms with Crippen LogP contribution >= 0.6 is 11.3 Å². The van der Waals surface area contributed by atoms with E-state index in [-0.39, 0.29) is 0 Å². The SMILES string of the molecule is COC1CCCC(OCc2cc(CN)sc2C)C1. The lowest BCUT2D eigenvalue weighted by Gasteiger charge is -2.28. The van der Waals surface area contributed by atoms with Gasteiger partial charge in [0.15, 0.2) is 0 Å². The summed E-state index contributed by atoms with van der Waals surface area (Å²) in [6, 6.07) is 2.18. The number of rotatable bonds is 5. The highest BCUT2D eigenvalue weighted by Crippen LogP contribution is 2.26. The van der Waals surface area contributed by atoms with E-state index in [1.807, 2.05) is 0 Å². The van der Waals surface area contributed by atoms with Gasteiger partial charge in [0.25, 0.3) is 0 Å². The van der Waals surface area contributed by atoms with Crippen LogP contribution in [0, 0.1) is 6.92 Å². The third-order valence-corrected chi connectivity index (χ3v) is 4.77. The predicted molar refractivity (Wildman–Crippen MR) is 74.8 cm³/mol. The quantitative estimate of drug-likeness (QED) is 0.893. The minimum absolute atomic E-state index is 0.351. The molecule has 1 fully saturated rings. The van der Waals surface area contributed by atoms with E-state index in [0.29, 0.717) is 25.4 Å². The van der Waals surface area contributed by atoms with E-state index in [4.69, 9.17) is 15.2 Å². The zero-order valence-corrected chi connectivity index (χ0v) is 12.1. The van der Waals surface area contributed by atoms with Crippen molar-refractivity contribution >= 4 is 11.3 Å². The smallest absolute Gasteiger partial charge is 0.0731 e. The molecular formula is C14H23NO2S. The molecule has 2 N–H and O–H groups in total. The second-order valence-electron chi connectivity index (χ2n) is 4.96. The van der Waals surface area contributed by atoms with Crippen LogP contribution in [-0.4, -0.2) is 19.3 Å². The second kappa shape index (κ2) is 6.66. The van der Waals surface area contributed by atoms with Gasteiger partial charge in [0, 0.05) is 23.4 Å². The van der Waals surface area contributed by atoms with Gasteiger partial charge in [-0.2, -0.15) is 0 Å². The molecule has 1 saturated carbocycles. The summed E-state index contributed by atoms with van der Waals surface area (Å²) in [5, 5.41) is 0. The van der Waals surface area contributed by atoms with Crippen LogP contribution in [0.25, 0.3) is 0 Å². The number of nitrogens with two attached hydrogens (primary N) is 1. The Balaban J connectivity index is 1.85. The Morgan fingerprint density at radius 3 is 2.83 bits per heavy atom. The van der Waals surface area contributed by atoms with Gasteiger partial charge in [-0.25, -0.2) is 0 Å². The molecular weight excluding hydrogens is 246 g/mol. The van der Waals surface area contributed by atoms with Crippen molar-refractivity contribution in [1.82, 2.24) is 0 Å².